The molecule has 2 rings (SSSR count). The number of aliphatic hydroxyl groups is 1. The maximum Gasteiger partial charge on any atom is 0.241 e. The molecule has 0 fully saturated rings. The second-order valence-electron chi connectivity index (χ2n) is 4.22. The molecular weight excluding hydrogens is 250 g/mol. The fourth-order valence-electron chi connectivity index (χ4n) is 1.67. The Morgan fingerprint density at radius 1 is 1.11 bits per heavy atom. The molecule has 18 heavy (non-hydrogen) atoms. The number of hydrogen-bond donors (Lipinski definition) is 2. The van der Waals surface area contributed by atoms with Gasteiger partial charge in [0.2, 0.25) is 10.0 Å². The molecule has 0 spiro atoms. The van der Waals surface area contributed by atoms with Crippen molar-refractivity contribution in [2.24, 2.45) is 0 Å². The lowest BCUT2D eigenvalue weighted by Crippen LogP contribution is -2.41. The summed E-state index contributed by atoms with van der Waals surface area (Å²) in [6.07, 6.45) is 5.71. The van der Waals surface area contributed by atoms with Crippen molar-refractivity contribution < 1.29 is 13.5 Å². The first-order chi connectivity index (χ1) is 8.49. The van der Waals surface area contributed by atoms with E-state index in [0.717, 1.165) is 5.56 Å². The minimum atomic E-state index is -3.60. The third-order valence-electron chi connectivity index (χ3n) is 2.73. The Hall–Kier alpha value is -1.43. The summed E-state index contributed by atoms with van der Waals surface area (Å²) in [7, 11) is -3.60. The number of aryl methyl sites for hydroxylation is 1. The van der Waals surface area contributed by atoms with E-state index in [1.165, 1.54) is 0 Å². The Balaban J connectivity index is 2.19. The lowest BCUT2D eigenvalue weighted by Gasteiger charge is -2.20. The molecule has 0 unspecified atom stereocenters. The normalized spacial score (nSPS) is 23.2. The fourth-order valence-corrected chi connectivity index (χ4v) is 2.88. The Morgan fingerprint density at radius 2 is 1.72 bits per heavy atom. The van der Waals surface area contributed by atoms with Crippen LogP contribution in [-0.4, -0.2) is 25.7 Å². The molecule has 96 valence electrons. The Morgan fingerprint density at radius 3 is 2.33 bits per heavy atom. The van der Waals surface area contributed by atoms with E-state index in [1.807, 2.05) is 6.92 Å². The Kier molecular flexibility index (Phi) is 3.65. The topological polar surface area (TPSA) is 66.4 Å². The van der Waals surface area contributed by atoms with Gasteiger partial charge in [-0.25, -0.2) is 13.1 Å². The molecule has 2 atom stereocenters. The van der Waals surface area contributed by atoms with Crippen LogP contribution in [0.2, 0.25) is 0 Å². The average molecular weight is 265 g/mol. The monoisotopic (exact) mass is 265 g/mol. The van der Waals surface area contributed by atoms with Gasteiger partial charge in [0.1, 0.15) is 0 Å². The van der Waals surface area contributed by atoms with Crippen LogP contribution in [0.5, 0.6) is 0 Å². The van der Waals surface area contributed by atoms with Crippen molar-refractivity contribution in [3.63, 3.8) is 0 Å². The van der Waals surface area contributed by atoms with Crippen LogP contribution in [0.15, 0.2) is 53.5 Å². The molecule has 0 radical (unpaired) electrons. The number of nitrogens with one attached hydrogen (secondary N) is 1. The number of rotatable bonds is 3. The van der Waals surface area contributed by atoms with Gasteiger partial charge in [0.05, 0.1) is 17.0 Å². The second-order valence-corrected chi connectivity index (χ2v) is 5.93. The van der Waals surface area contributed by atoms with Gasteiger partial charge in [0, 0.05) is 0 Å². The largest absolute Gasteiger partial charge is 0.387 e. The predicted molar refractivity (Wildman–Crippen MR) is 69.6 cm³/mol. The summed E-state index contributed by atoms with van der Waals surface area (Å²) in [6, 6.07) is 5.95. The lowest BCUT2D eigenvalue weighted by molar-refractivity contribution is 0.200. The van der Waals surface area contributed by atoms with Crippen LogP contribution in [0.3, 0.4) is 0 Å². The molecule has 0 amide bonds. The number of sulfonamides is 1. The number of hydrogen-bond acceptors (Lipinski definition) is 3. The summed E-state index contributed by atoms with van der Waals surface area (Å²) in [5.41, 5.74) is 0.995. The smallest absolute Gasteiger partial charge is 0.241 e. The van der Waals surface area contributed by atoms with E-state index in [1.54, 1.807) is 48.6 Å². The molecule has 4 nitrogen and oxygen atoms in total. The van der Waals surface area contributed by atoms with E-state index in [-0.39, 0.29) is 4.90 Å². The molecule has 0 aromatic heterocycles. The second kappa shape index (κ2) is 5.06. The van der Waals surface area contributed by atoms with Crippen molar-refractivity contribution in [1.82, 2.24) is 4.72 Å². The molecule has 2 N–H and O–H groups in total. The molecule has 1 aromatic rings. The third kappa shape index (κ3) is 2.87. The van der Waals surface area contributed by atoms with Gasteiger partial charge in [-0.1, -0.05) is 42.0 Å². The average Bonchev–Trinajstić information content (AvgIpc) is 2.32. The zero-order valence-corrected chi connectivity index (χ0v) is 10.8. The van der Waals surface area contributed by atoms with Crippen LogP contribution in [-0.2, 0) is 10.0 Å². The molecule has 1 aliphatic rings. The van der Waals surface area contributed by atoms with E-state index >= 15 is 0 Å². The number of benzene rings is 1. The highest BCUT2D eigenvalue weighted by Gasteiger charge is 2.23. The molecule has 0 heterocycles. The first-order valence-electron chi connectivity index (χ1n) is 5.61. The molecule has 1 aromatic carbocycles. The summed E-state index contributed by atoms with van der Waals surface area (Å²) in [5.74, 6) is 0. The van der Waals surface area contributed by atoms with Gasteiger partial charge in [-0.05, 0) is 19.1 Å². The van der Waals surface area contributed by atoms with Crippen LogP contribution < -0.4 is 4.72 Å². The van der Waals surface area contributed by atoms with Gasteiger partial charge in [0.15, 0.2) is 0 Å². The van der Waals surface area contributed by atoms with Crippen molar-refractivity contribution >= 4 is 10.0 Å². The summed E-state index contributed by atoms with van der Waals surface area (Å²) < 4.78 is 26.6. The van der Waals surface area contributed by atoms with Gasteiger partial charge in [0.25, 0.3) is 0 Å². The highest BCUT2D eigenvalue weighted by Crippen LogP contribution is 2.13. The SMILES string of the molecule is Cc1ccc(S(=O)(=O)N[C@@H]2C=CC=C[C@H]2O)cc1. The number of aliphatic hydroxyl groups excluding tert-OH is 1. The standard InChI is InChI=1S/C13H15NO3S/c1-10-6-8-11(9-7-10)18(16,17)14-12-4-2-3-5-13(12)15/h2-9,12-15H,1H3/t12-,13-/m1/s1. The Labute approximate surface area is 107 Å². The van der Waals surface area contributed by atoms with Gasteiger partial charge < -0.3 is 5.11 Å². The van der Waals surface area contributed by atoms with E-state index in [0.29, 0.717) is 0 Å². The van der Waals surface area contributed by atoms with Crippen LogP contribution >= 0.6 is 0 Å². The quantitative estimate of drug-likeness (QED) is 0.861. The van der Waals surface area contributed by atoms with Crippen molar-refractivity contribution in [3.8, 4) is 0 Å². The third-order valence-corrected chi connectivity index (χ3v) is 4.20. The van der Waals surface area contributed by atoms with Crippen molar-refractivity contribution in [2.75, 3.05) is 0 Å². The fraction of sp³-hybridized carbons (Fsp3) is 0.231. The molecule has 0 saturated heterocycles. The van der Waals surface area contributed by atoms with Crippen molar-refractivity contribution in [3.05, 3.63) is 54.1 Å². The van der Waals surface area contributed by atoms with Gasteiger partial charge in [-0.3, -0.25) is 0 Å². The summed E-state index contributed by atoms with van der Waals surface area (Å²) >= 11 is 0. The van der Waals surface area contributed by atoms with Gasteiger partial charge in [-0.15, -0.1) is 0 Å². The zero-order chi connectivity index (χ0) is 13.2. The summed E-state index contributed by atoms with van der Waals surface area (Å²) in [4.78, 5) is 0.197. The minimum absolute atomic E-state index is 0.197. The Bertz CT molecular complexity index is 573. The number of allylic oxidation sites excluding steroid dienone is 2. The molecule has 0 aliphatic heterocycles. The first kappa shape index (κ1) is 13.0. The summed E-state index contributed by atoms with van der Waals surface area (Å²) in [5, 5.41) is 9.66. The highest BCUT2D eigenvalue weighted by atomic mass is 32.2. The maximum absolute atomic E-state index is 12.1. The first-order valence-corrected chi connectivity index (χ1v) is 7.09. The van der Waals surface area contributed by atoms with E-state index in [2.05, 4.69) is 4.72 Å². The van der Waals surface area contributed by atoms with Gasteiger partial charge >= 0.3 is 0 Å². The van der Waals surface area contributed by atoms with E-state index in [9.17, 15) is 13.5 Å². The zero-order valence-electron chi connectivity index (χ0n) is 9.95. The minimum Gasteiger partial charge on any atom is -0.387 e. The van der Waals surface area contributed by atoms with E-state index in [4.69, 9.17) is 0 Å². The van der Waals surface area contributed by atoms with Gasteiger partial charge in [-0.2, -0.15) is 0 Å². The van der Waals surface area contributed by atoms with Crippen molar-refractivity contribution in [2.45, 2.75) is 24.0 Å². The molecular formula is C13H15NO3S. The lowest BCUT2D eigenvalue weighted by atomic mass is 10.1. The van der Waals surface area contributed by atoms with Crippen LogP contribution in [0.4, 0.5) is 0 Å². The highest BCUT2D eigenvalue weighted by molar-refractivity contribution is 7.89. The predicted octanol–water partition coefficient (Wildman–Crippen LogP) is 1.13. The maximum atomic E-state index is 12.1. The van der Waals surface area contributed by atoms with Crippen LogP contribution in [0.25, 0.3) is 0 Å². The summed E-state index contributed by atoms with van der Waals surface area (Å²) in [6.45, 7) is 1.89. The van der Waals surface area contributed by atoms with E-state index < -0.39 is 22.2 Å². The molecule has 5 heteroatoms. The molecule has 1 aliphatic carbocycles. The van der Waals surface area contributed by atoms with Crippen molar-refractivity contribution in [1.29, 1.82) is 0 Å². The van der Waals surface area contributed by atoms with Crippen LogP contribution in [0.1, 0.15) is 5.56 Å². The molecule has 0 saturated carbocycles. The molecule has 0 bridgehead atoms. The van der Waals surface area contributed by atoms with Crippen LogP contribution in [0, 0.1) is 6.92 Å².